The van der Waals surface area contributed by atoms with E-state index in [1.54, 1.807) is 0 Å². The summed E-state index contributed by atoms with van der Waals surface area (Å²) in [7, 11) is 0. The lowest BCUT2D eigenvalue weighted by atomic mass is 9.82. The standard InChI is InChI=1S/C57H38/c1-2-9-38(10-3-1)46-14-8-15-52(35-46)56(43-23-17-40(18-24-43)47-27-19-39-11-4-5-13-45(39)33-47)53-32-31-48-34-49(29-30-50(48)36-53)51-28-22-42-21-26-44-25-20-41-12-6-7-16-54(41)57(44)55(42)37-51/h1-37,56H. The predicted molar refractivity (Wildman–Crippen MR) is 244 cm³/mol. The lowest BCUT2D eigenvalue weighted by molar-refractivity contribution is 0.981. The van der Waals surface area contributed by atoms with Gasteiger partial charge in [0.15, 0.2) is 0 Å². The summed E-state index contributed by atoms with van der Waals surface area (Å²) in [6.45, 7) is 0. The summed E-state index contributed by atoms with van der Waals surface area (Å²) in [5, 5.41) is 12.7. The summed E-state index contributed by atoms with van der Waals surface area (Å²) in [5.41, 5.74) is 11.2. The molecule has 0 fully saturated rings. The van der Waals surface area contributed by atoms with Gasteiger partial charge in [-0.2, -0.15) is 0 Å². The molecular formula is C57H38. The van der Waals surface area contributed by atoms with Crippen molar-refractivity contribution in [3.05, 3.63) is 241 Å². The Morgan fingerprint density at radius 1 is 0.211 bits per heavy atom. The second kappa shape index (κ2) is 13.8. The van der Waals surface area contributed by atoms with Gasteiger partial charge >= 0.3 is 0 Å². The maximum Gasteiger partial charge on any atom is 0.0340 e. The molecule has 0 aromatic heterocycles. The third-order valence-electron chi connectivity index (χ3n) is 11.9. The SMILES string of the molecule is c1ccc(-c2cccc(C(c3ccc(-c4ccc5ccccc5c4)cc3)c3ccc4cc(-c5ccc6ccc7ccc8ccccc8c7c6c5)ccc4c3)c2)cc1. The highest BCUT2D eigenvalue weighted by atomic mass is 14.2. The average molecular weight is 723 g/mol. The first-order valence-electron chi connectivity index (χ1n) is 19.8. The van der Waals surface area contributed by atoms with Crippen molar-refractivity contribution in [3.63, 3.8) is 0 Å². The first kappa shape index (κ1) is 33.1. The van der Waals surface area contributed by atoms with Gasteiger partial charge in [0.05, 0.1) is 0 Å². The van der Waals surface area contributed by atoms with Crippen molar-refractivity contribution in [1.82, 2.24) is 0 Å². The zero-order valence-corrected chi connectivity index (χ0v) is 31.4. The Balaban J connectivity index is 0.997. The third kappa shape index (κ3) is 6.04. The van der Waals surface area contributed by atoms with Gasteiger partial charge in [0.25, 0.3) is 0 Å². The fourth-order valence-electron chi connectivity index (χ4n) is 8.97. The van der Waals surface area contributed by atoms with Gasteiger partial charge in [0.2, 0.25) is 0 Å². The molecule has 11 aromatic rings. The van der Waals surface area contributed by atoms with E-state index in [1.807, 2.05) is 0 Å². The minimum absolute atomic E-state index is 0.0620. The van der Waals surface area contributed by atoms with Crippen LogP contribution >= 0.6 is 0 Å². The van der Waals surface area contributed by atoms with Crippen LogP contribution in [0, 0.1) is 0 Å². The Morgan fingerprint density at radius 2 is 0.667 bits per heavy atom. The summed E-state index contributed by atoms with van der Waals surface area (Å²) in [5.74, 6) is 0.0620. The Labute approximate surface area is 332 Å². The van der Waals surface area contributed by atoms with Crippen LogP contribution in [0.15, 0.2) is 224 Å². The molecular weight excluding hydrogens is 685 g/mol. The highest BCUT2D eigenvalue weighted by Crippen LogP contribution is 2.39. The molecule has 0 heteroatoms. The van der Waals surface area contributed by atoms with E-state index in [9.17, 15) is 0 Å². The van der Waals surface area contributed by atoms with E-state index in [2.05, 4.69) is 224 Å². The molecule has 0 saturated heterocycles. The van der Waals surface area contributed by atoms with E-state index >= 15 is 0 Å². The van der Waals surface area contributed by atoms with Gasteiger partial charge in [0, 0.05) is 5.92 Å². The van der Waals surface area contributed by atoms with Gasteiger partial charge in [-0.3, -0.25) is 0 Å². The Morgan fingerprint density at radius 3 is 1.47 bits per heavy atom. The zero-order valence-electron chi connectivity index (χ0n) is 31.4. The predicted octanol–water partition coefficient (Wildman–Crippen LogP) is 15.6. The van der Waals surface area contributed by atoms with E-state index in [1.165, 1.54) is 104 Å². The molecule has 11 rings (SSSR count). The van der Waals surface area contributed by atoms with Crippen LogP contribution < -0.4 is 0 Å². The van der Waals surface area contributed by atoms with E-state index < -0.39 is 0 Å². The fraction of sp³-hybridized carbons (Fsp3) is 0.0175. The number of fused-ring (bicyclic) bond motifs is 7. The molecule has 0 heterocycles. The van der Waals surface area contributed by atoms with Gasteiger partial charge in [-0.05, 0) is 122 Å². The Hall–Kier alpha value is -7.28. The number of hydrogen-bond acceptors (Lipinski definition) is 0. The molecule has 0 spiro atoms. The lowest BCUT2D eigenvalue weighted by Gasteiger charge is -2.21. The fourth-order valence-corrected chi connectivity index (χ4v) is 8.97. The number of rotatable bonds is 6. The first-order valence-corrected chi connectivity index (χ1v) is 19.8. The molecule has 57 heavy (non-hydrogen) atoms. The minimum Gasteiger partial charge on any atom is -0.0622 e. The second-order valence-electron chi connectivity index (χ2n) is 15.3. The highest BCUT2D eigenvalue weighted by Gasteiger charge is 2.19. The first-order chi connectivity index (χ1) is 28.2. The quantitative estimate of drug-likeness (QED) is 0.118. The van der Waals surface area contributed by atoms with E-state index in [0.29, 0.717) is 0 Å². The normalized spacial score (nSPS) is 12.1. The van der Waals surface area contributed by atoms with Crippen LogP contribution in [-0.4, -0.2) is 0 Å². The van der Waals surface area contributed by atoms with Crippen LogP contribution in [0.3, 0.4) is 0 Å². The summed E-state index contributed by atoms with van der Waals surface area (Å²) >= 11 is 0. The second-order valence-corrected chi connectivity index (χ2v) is 15.3. The molecule has 0 N–H and O–H groups in total. The minimum atomic E-state index is 0.0620. The van der Waals surface area contributed by atoms with E-state index in [-0.39, 0.29) is 5.92 Å². The summed E-state index contributed by atoms with van der Waals surface area (Å²) in [6.07, 6.45) is 0. The van der Waals surface area contributed by atoms with Gasteiger partial charge in [-0.15, -0.1) is 0 Å². The third-order valence-corrected chi connectivity index (χ3v) is 11.9. The molecule has 266 valence electrons. The lowest BCUT2D eigenvalue weighted by Crippen LogP contribution is -2.04. The van der Waals surface area contributed by atoms with Gasteiger partial charge in [-0.1, -0.05) is 206 Å². The average Bonchev–Trinajstić information content (AvgIpc) is 3.29. The molecule has 1 atom stereocenters. The molecule has 0 radical (unpaired) electrons. The molecule has 0 bridgehead atoms. The molecule has 0 saturated carbocycles. The van der Waals surface area contributed by atoms with Crippen molar-refractivity contribution in [2.24, 2.45) is 0 Å². The number of benzene rings is 11. The Bertz CT molecular complexity index is 3280. The molecule has 0 nitrogen and oxygen atoms in total. The Kier molecular flexibility index (Phi) is 8.00. The molecule has 11 aromatic carbocycles. The maximum atomic E-state index is 2.40. The van der Waals surface area contributed by atoms with Crippen LogP contribution in [0.1, 0.15) is 22.6 Å². The van der Waals surface area contributed by atoms with Gasteiger partial charge in [-0.25, -0.2) is 0 Å². The zero-order chi connectivity index (χ0) is 37.7. The van der Waals surface area contributed by atoms with Crippen molar-refractivity contribution in [1.29, 1.82) is 0 Å². The van der Waals surface area contributed by atoms with E-state index in [0.717, 1.165) is 0 Å². The maximum absolute atomic E-state index is 2.40. The monoisotopic (exact) mass is 722 g/mol. The van der Waals surface area contributed by atoms with Gasteiger partial charge < -0.3 is 0 Å². The highest BCUT2D eigenvalue weighted by molar-refractivity contribution is 6.20. The van der Waals surface area contributed by atoms with Crippen molar-refractivity contribution in [3.8, 4) is 33.4 Å². The van der Waals surface area contributed by atoms with Crippen LogP contribution in [0.4, 0.5) is 0 Å². The number of hydrogen-bond donors (Lipinski definition) is 0. The summed E-state index contributed by atoms with van der Waals surface area (Å²) in [4.78, 5) is 0. The topological polar surface area (TPSA) is 0 Å². The van der Waals surface area contributed by atoms with E-state index in [4.69, 9.17) is 0 Å². The molecule has 1 unspecified atom stereocenters. The van der Waals surface area contributed by atoms with Crippen LogP contribution in [0.25, 0.3) is 87.2 Å². The largest absolute Gasteiger partial charge is 0.0622 e. The molecule has 0 amide bonds. The molecule has 0 aliphatic carbocycles. The van der Waals surface area contributed by atoms with Crippen LogP contribution in [-0.2, 0) is 0 Å². The van der Waals surface area contributed by atoms with Gasteiger partial charge in [0.1, 0.15) is 0 Å². The summed E-state index contributed by atoms with van der Waals surface area (Å²) in [6, 6.07) is 83.0. The van der Waals surface area contributed by atoms with Crippen LogP contribution in [0.5, 0.6) is 0 Å². The van der Waals surface area contributed by atoms with Crippen molar-refractivity contribution < 1.29 is 0 Å². The smallest absolute Gasteiger partial charge is 0.0340 e. The van der Waals surface area contributed by atoms with Crippen molar-refractivity contribution in [2.45, 2.75) is 5.92 Å². The van der Waals surface area contributed by atoms with Crippen molar-refractivity contribution in [2.75, 3.05) is 0 Å². The molecule has 0 aliphatic rings. The van der Waals surface area contributed by atoms with Crippen LogP contribution in [0.2, 0.25) is 0 Å². The molecule has 0 aliphatic heterocycles. The van der Waals surface area contributed by atoms with Crippen molar-refractivity contribution >= 4 is 53.9 Å². The summed E-state index contributed by atoms with van der Waals surface area (Å²) < 4.78 is 0.